The summed E-state index contributed by atoms with van der Waals surface area (Å²) in [7, 11) is 1.75. The van der Waals surface area contributed by atoms with Crippen LogP contribution >= 0.6 is 0 Å². The van der Waals surface area contributed by atoms with Gasteiger partial charge >= 0.3 is 12.0 Å². The van der Waals surface area contributed by atoms with Crippen molar-refractivity contribution in [3.8, 4) is 0 Å². The van der Waals surface area contributed by atoms with Gasteiger partial charge in [0, 0.05) is 13.5 Å². The van der Waals surface area contributed by atoms with Crippen molar-refractivity contribution in [2.75, 3.05) is 20.1 Å². The number of amides is 3. The molecule has 7 nitrogen and oxygen atoms in total. The molecule has 2 aromatic rings. The van der Waals surface area contributed by atoms with Gasteiger partial charge in [-0.2, -0.15) is 0 Å². The third-order valence-electron chi connectivity index (χ3n) is 7.67. The molecular formula is C26H30N5O2+. The molecule has 0 bridgehead atoms. The molecule has 7 heteroatoms. The van der Waals surface area contributed by atoms with E-state index in [1.165, 1.54) is 37.0 Å². The highest BCUT2D eigenvalue weighted by molar-refractivity contribution is 6.22. The second-order valence-electron chi connectivity index (χ2n) is 9.61. The summed E-state index contributed by atoms with van der Waals surface area (Å²) in [6.07, 6.45) is 7.19. The maximum atomic E-state index is 13.8. The number of urea groups is 1. The van der Waals surface area contributed by atoms with Crippen molar-refractivity contribution < 1.29 is 14.2 Å². The number of rotatable bonds is 3. The highest BCUT2D eigenvalue weighted by atomic mass is 16.2. The molecule has 1 unspecified atom stereocenters. The molecular weight excluding hydrogens is 414 g/mol. The van der Waals surface area contributed by atoms with E-state index >= 15 is 0 Å². The second kappa shape index (κ2) is 7.97. The van der Waals surface area contributed by atoms with Gasteiger partial charge in [-0.25, -0.2) is 9.37 Å². The van der Waals surface area contributed by atoms with Crippen LogP contribution in [0.25, 0.3) is 10.8 Å². The second-order valence-corrected chi connectivity index (χ2v) is 9.61. The van der Waals surface area contributed by atoms with Crippen LogP contribution in [0.5, 0.6) is 0 Å². The summed E-state index contributed by atoms with van der Waals surface area (Å²) in [4.78, 5) is 37.4. The van der Waals surface area contributed by atoms with Gasteiger partial charge in [-0.05, 0) is 29.2 Å². The van der Waals surface area contributed by atoms with Gasteiger partial charge in [0.15, 0.2) is 0 Å². The number of guanidine groups is 1. The highest BCUT2D eigenvalue weighted by Crippen LogP contribution is 2.30. The van der Waals surface area contributed by atoms with Crippen molar-refractivity contribution in [2.24, 2.45) is 4.99 Å². The first-order valence-electron chi connectivity index (χ1n) is 12.2. The largest absolute Gasteiger partial charge is 0.392 e. The number of nitrogens with zero attached hydrogens (tertiary/aromatic N) is 5. The van der Waals surface area contributed by atoms with Crippen LogP contribution in [0.2, 0.25) is 0 Å². The van der Waals surface area contributed by atoms with Crippen LogP contribution in [0.15, 0.2) is 47.5 Å². The van der Waals surface area contributed by atoms with E-state index in [2.05, 4.69) is 21.6 Å². The smallest absolute Gasteiger partial charge is 0.270 e. The van der Waals surface area contributed by atoms with Crippen molar-refractivity contribution in [1.82, 2.24) is 14.7 Å². The van der Waals surface area contributed by atoms with Crippen LogP contribution < -0.4 is 0 Å². The third-order valence-corrected chi connectivity index (χ3v) is 7.67. The lowest BCUT2D eigenvalue weighted by Gasteiger charge is -2.36. The SMILES string of the molecule is CN1C(=O)N(Cc2cccc3ccccc23)C(=O)C2C1=NC1=[N+]2CCCN1C1CCCCC1. The van der Waals surface area contributed by atoms with Gasteiger partial charge in [-0.1, -0.05) is 66.7 Å². The first-order chi connectivity index (χ1) is 16.1. The summed E-state index contributed by atoms with van der Waals surface area (Å²) >= 11 is 0. The molecule has 1 saturated carbocycles. The number of aliphatic imine (C=N–C) groups is 1. The fourth-order valence-electron chi connectivity index (χ4n) is 5.96. The van der Waals surface area contributed by atoms with Crippen molar-refractivity contribution in [3.63, 3.8) is 0 Å². The Kier molecular flexibility index (Phi) is 4.93. The van der Waals surface area contributed by atoms with Gasteiger partial charge in [0.2, 0.25) is 11.9 Å². The third kappa shape index (κ3) is 3.24. The number of hydrogen-bond donors (Lipinski definition) is 0. The molecule has 0 N–H and O–H groups in total. The normalized spacial score (nSPS) is 23.8. The number of imide groups is 1. The van der Waals surface area contributed by atoms with Crippen LogP contribution in [0.1, 0.15) is 44.1 Å². The number of benzene rings is 2. The fourth-order valence-corrected chi connectivity index (χ4v) is 5.96. The Balaban J connectivity index is 1.34. The minimum absolute atomic E-state index is 0.162. The molecule has 3 aliphatic heterocycles. The molecule has 3 amide bonds. The lowest BCUT2D eigenvalue weighted by Crippen LogP contribution is -2.63. The predicted molar refractivity (Wildman–Crippen MR) is 127 cm³/mol. The number of amidine groups is 1. The van der Waals surface area contributed by atoms with Crippen LogP contribution in [0.4, 0.5) is 4.79 Å². The Morgan fingerprint density at radius 2 is 1.79 bits per heavy atom. The Morgan fingerprint density at radius 3 is 2.64 bits per heavy atom. The van der Waals surface area contributed by atoms with Gasteiger partial charge in [0.25, 0.3) is 5.91 Å². The van der Waals surface area contributed by atoms with E-state index in [0.717, 1.165) is 41.8 Å². The number of likely N-dealkylation sites (N-methyl/N-ethyl adjacent to an activating group) is 1. The minimum Gasteiger partial charge on any atom is -0.270 e. The molecule has 2 fully saturated rings. The van der Waals surface area contributed by atoms with E-state index in [9.17, 15) is 9.59 Å². The molecule has 6 rings (SSSR count). The molecule has 1 aliphatic carbocycles. The lowest BCUT2D eigenvalue weighted by atomic mass is 9.94. The molecule has 170 valence electrons. The predicted octanol–water partition coefficient (Wildman–Crippen LogP) is 3.42. The fraction of sp³-hybridized carbons (Fsp3) is 0.462. The summed E-state index contributed by atoms with van der Waals surface area (Å²) in [5.41, 5.74) is 0.980. The number of fused-ring (bicyclic) bond motifs is 3. The zero-order chi connectivity index (χ0) is 22.5. The van der Waals surface area contributed by atoms with Gasteiger partial charge in [0.05, 0.1) is 25.7 Å². The van der Waals surface area contributed by atoms with Gasteiger partial charge < -0.3 is 0 Å². The molecule has 0 spiro atoms. The van der Waals surface area contributed by atoms with Crippen molar-refractivity contribution in [1.29, 1.82) is 0 Å². The molecule has 0 radical (unpaired) electrons. The Labute approximate surface area is 194 Å². The molecule has 1 atom stereocenters. The number of carbonyl (C=O) groups is 2. The average Bonchev–Trinajstić information content (AvgIpc) is 3.26. The summed E-state index contributed by atoms with van der Waals surface area (Å²) in [6, 6.07) is 13.8. The summed E-state index contributed by atoms with van der Waals surface area (Å²) in [5, 5.41) is 2.18. The monoisotopic (exact) mass is 444 g/mol. The zero-order valence-electron chi connectivity index (χ0n) is 19.1. The van der Waals surface area contributed by atoms with Crippen molar-refractivity contribution in [2.45, 2.75) is 57.2 Å². The Morgan fingerprint density at radius 1 is 1.00 bits per heavy atom. The van der Waals surface area contributed by atoms with E-state index in [1.54, 1.807) is 11.9 Å². The Bertz CT molecular complexity index is 1190. The summed E-state index contributed by atoms with van der Waals surface area (Å²) in [6.45, 7) is 2.04. The van der Waals surface area contributed by atoms with Crippen LogP contribution in [-0.4, -0.2) is 75.2 Å². The quantitative estimate of drug-likeness (QED) is 0.682. The summed E-state index contributed by atoms with van der Waals surface area (Å²) < 4.78 is 2.15. The molecule has 1 saturated heterocycles. The highest BCUT2D eigenvalue weighted by Gasteiger charge is 2.54. The summed E-state index contributed by atoms with van der Waals surface area (Å²) in [5.74, 6) is 1.32. The average molecular weight is 445 g/mol. The molecule has 4 aliphatic rings. The number of carbonyl (C=O) groups excluding carboxylic acids is 2. The van der Waals surface area contributed by atoms with E-state index in [-0.39, 0.29) is 18.5 Å². The number of hydrogen-bond acceptors (Lipinski definition) is 4. The van der Waals surface area contributed by atoms with Crippen LogP contribution in [0, 0.1) is 0 Å². The van der Waals surface area contributed by atoms with E-state index < -0.39 is 6.04 Å². The Hall–Kier alpha value is -3.22. The molecule has 2 aromatic carbocycles. The van der Waals surface area contributed by atoms with Crippen LogP contribution in [-0.2, 0) is 11.3 Å². The zero-order valence-corrected chi connectivity index (χ0v) is 19.1. The first-order valence-corrected chi connectivity index (χ1v) is 12.2. The van der Waals surface area contributed by atoms with Crippen molar-refractivity contribution in [3.05, 3.63) is 48.0 Å². The maximum absolute atomic E-state index is 13.8. The van der Waals surface area contributed by atoms with Gasteiger partial charge in [0.1, 0.15) is 0 Å². The van der Waals surface area contributed by atoms with E-state index in [1.807, 2.05) is 30.3 Å². The molecule has 33 heavy (non-hydrogen) atoms. The first kappa shape index (κ1) is 20.4. The lowest BCUT2D eigenvalue weighted by molar-refractivity contribution is -0.546. The van der Waals surface area contributed by atoms with Crippen molar-refractivity contribution >= 4 is 34.5 Å². The molecule has 0 aromatic heterocycles. The minimum atomic E-state index is -0.510. The maximum Gasteiger partial charge on any atom is 0.392 e. The van der Waals surface area contributed by atoms with Gasteiger partial charge in [-0.3, -0.25) is 19.5 Å². The molecule has 3 heterocycles. The standard InChI is InChI=1S/C26H30N5O2/c1-28-23-22(30-16-8-15-29(25(30)27-23)20-12-3-2-4-13-20)24(32)31(26(28)33)17-19-11-7-10-18-9-5-6-14-21(18)19/h5-7,9-11,14,20,22H,2-4,8,12-13,15-17H2,1H3/q+1. The topological polar surface area (TPSA) is 59.2 Å². The van der Waals surface area contributed by atoms with Gasteiger partial charge in [-0.15, -0.1) is 0 Å². The van der Waals surface area contributed by atoms with Crippen LogP contribution in [0.3, 0.4) is 0 Å². The van der Waals surface area contributed by atoms with E-state index in [4.69, 9.17) is 4.99 Å². The van der Waals surface area contributed by atoms with E-state index in [0.29, 0.717) is 11.9 Å².